The summed E-state index contributed by atoms with van der Waals surface area (Å²) in [6, 6.07) is 4.94. The highest BCUT2D eigenvalue weighted by Crippen LogP contribution is 2.26. The lowest BCUT2D eigenvalue weighted by Gasteiger charge is -2.08. The van der Waals surface area contributed by atoms with Gasteiger partial charge in [0.05, 0.1) is 19.2 Å². The van der Waals surface area contributed by atoms with Gasteiger partial charge in [-0.1, -0.05) is 45.1 Å². The van der Waals surface area contributed by atoms with Crippen LogP contribution in [0.5, 0.6) is 11.5 Å². The lowest BCUT2D eigenvalue weighted by atomic mass is 10.1. The van der Waals surface area contributed by atoms with Gasteiger partial charge in [-0.05, 0) is 24.1 Å². The van der Waals surface area contributed by atoms with Crippen LogP contribution < -0.4 is 10.1 Å². The number of benzene rings is 1. The Morgan fingerprint density at radius 1 is 1.22 bits per heavy atom. The molecule has 1 aromatic carbocycles. The molecule has 0 saturated heterocycles. The number of carbonyl (C=O) groups is 1. The molecule has 0 aliphatic rings. The average Bonchev–Trinajstić information content (AvgIpc) is 2.56. The molecule has 0 aliphatic carbocycles. The first-order valence-electron chi connectivity index (χ1n) is 8.10. The van der Waals surface area contributed by atoms with Crippen LogP contribution in [0.25, 0.3) is 0 Å². The van der Waals surface area contributed by atoms with Crippen molar-refractivity contribution in [2.24, 2.45) is 0 Å². The number of phenolic OH excluding ortho intramolecular Hbond substituents is 1. The summed E-state index contributed by atoms with van der Waals surface area (Å²) in [5.41, 5.74) is 0.831. The van der Waals surface area contributed by atoms with Crippen molar-refractivity contribution >= 4 is 18.1 Å². The predicted molar refractivity (Wildman–Crippen MR) is 93.8 cm³/mol. The van der Waals surface area contributed by atoms with Gasteiger partial charge in [0.25, 0.3) is 0 Å². The number of phenols is 1. The summed E-state index contributed by atoms with van der Waals surface area (Å²) in [7, 11) is 1.49. The third-order valence-electron chi connectivity index (χ3n) is 3.40. The van der Waals surface area contributed by atoms with Gasteiger partial charge in [0.15, 0.2) is 11.5 Å². The molecule has 0 atom stereocenters. The maximum Gasteiger partial charge on any atom is 0.419 e. The molecule has 1 aromatic rings. The molecule has 0 heterocycles. The first-order valence-corrected chi connectivity index (χ1v) is 9.01. The normalized spacial score (nSPS) is 10.3. The van der Waals surface area contributed by atoms with Crippen LogP contribution in [-0.4, -0.2) is 24.1 Å². The van der Waals surface area contributed by atoms with E-state index in [4.69, 9.17) is 8.92 Å². The topological polar surface area (TPSA) is 67.8 Å². The Kier molecular flexibility index (Phi) is 10.1. The largest absolute Gasteiger partial charge is 0.504 e. The molecule has 0 fully saturated rings. The molecule has 0 bridgehead atoms. The molecule has 0 spiro atoms. The molecule has 0 radical (unpaired) electrons. The molecule has 1 amide bonds. The second-order valence-electron chi connectivity index (χ2n) is 5.32. The lowest BCUT2D eigenvalue weighted by Crippen LogP contribution is -2.21. The van der Waals surface area contributed by atoms with Crippen LogP contribution in [0.15, 0.2) is 18.2 Å². The second kappa shape index (κ2) is 11.9. The molecular formula is C17H27NO4S. The molecule has 0 aliphatic heterocycles. The Hall–Kier alpha value is -1.56. The number of aromatic hydroxyl groups is 1. The molecule has 23 heavy (non-hydrogen) atoms. The minimum absolute atomic E-state index is 0.0771. The fourth-order valence-corrected chi connectivity index (χ4v) is 2.64. The maximum atomic E-state index is 11.6. The predicted octanol–water partition coefficient (Wildman–Crippen LogP) is 4.64. The fourth-order valence-electron chi connectivity index (χ4n) is 2.07. The zero-order valence-corrected chi connectivity index (χ0v) is 14.8. The number of nitrogens with one attached hydrogen (secondary N) is 1. The van der Waals surface area contributed by atoms with E-state index in [1.54, 1.807) is 12.1 Å². The van der Waals surface area contributed by atoms with Gasteiger partial charge in [0, 0.05) is 12.3 Å². The van der Waals surface area contributed by atoms with E-state index in [-0.39, 0.29) is 5.75 Å². The van der Waals surface area contributed by atoms with Crippen molar-refractivity contribution in [3.8, 4) is 11.5 Å². The van der Waals surface area contributed by atoms with Crippen molar-refractivity contribution in [3.05, 3.63) is 23.8 Å². The molecule has 6 heteroatoms. The lowest BCUT2D eigenvalue weighted by molar-refractivity contribution is 0.208. The minimum atomic E-state index is -0.451. The number of ether oxygens (including phenoxy) is 1. The van der Waals surface area contributed by atoms with Crippen molar-refractivity contribution in [2.45, 2.75) is 52.0 Å². The average molecular weight is 341 g/mol. The first-order chi connectivity index (χ1) is 11.2. The Bertz CT molecular complexity index is 468. The molecule has 0 aromatic heterocycles. The van der Waals surface area contributed by atoms with E-state index in [0.717, 1.165) is 17.7 Å². The summed E-state index contributed by atoms with van der Waals surface area (Å²) in [5, 5.41) is 12.2. The van der Waals surface area contributed by atoms with E-state index in [2.05, 4.69) is 12.2 Å². The van der Waals surface area contributed by atoms with Gasteiger partial charge in [-0.25, -0.2) is 4.79 Å². The molecule has 0 unspecified atom stereocenters. The zero-order valence-electron chi connectivity index (χ0n) is 14.0. The van der Waals surface area contributed by atoms with Crippen molar-refractivity contribution in [1.29, 1.82) is 0 Å². The summed E-state index contributed by atoms with van der Waals surface area (Å²) in [4.78, 5) is 11.6. The van der Waals surface area contributed by atoms with Crippen molar-refractivity contribution in [2.75, 3.05) is 12.9 Å². The number of unbranched alkanes of at least 4 members (excludes halogenated alkanes) is 5. The highest BCUT2D eigenvalue weighted by atomic mass is 32.2. The third kappa shape index (κ3) is 8.59. The number of rotatable bonds is 11. The van der Waals surface area contributed by atoms with Gasteiger partial charge >= 0.3 is 6.09 Å². The van der Waals surface area contributed by atoms with Crippen LogP contribution >= 0.6 is 12.0 Å². The van der Waals surface area contributed by atoms with Crippen LogP contribution in [0.1, 0.15) is 51.0 Å². The highest BCUT2D eigenvalue weighted by Gasteiger charge is 2.06. The van der Waals surface area contributed by atoms with Crippen molar-refractivity contribution in [3.63, 3.8) is 0 Å². The van der Waals surface area contributed by atoms with E-state index < -0.39 is 6.09 Å². The monoisotopic (exact) mass is 341 g/mol. The van der Waals surface area contributed by atoms with Crippen LogP contribution in [0.4, 0.5) is 4.79 Å². The maximum absolute atomic E-state index is 11.6. The Morgan fingerprint density at radius 3 is 2.70 bits per heavy atom. The molecule has 130 valence electrons. The molecular weight excluding hydrogens is 314 g/mol. The van der Waals surface area contributed by atoms with E-state index >= 15 is 0 Å². The number of hydrogen-bond acceptors (Lipinski definition) is 5. The SMILES string of the molecule is CCCCCCCCSOC(=O)NCc1ccc(O)c(OC)c1. The Balaban J connectivity index is 2.10. The Morgan fingerprint density at radius 2 is 1.96 bits per heavy atom. The van der Waals surface area contributed by atoms with Crippen LogP contribution in [0.3, 0.4) is 0 Å². The van der Waals surface area contributed by atoms with Crippen LogP contribution in [0, 0.1) is 0 Å². The molecule has 2 N–H and O–H groups in total. The standard InChI is InChI=1S/C17H27NO4S/c1-3-4-5-6-7-8-11-23-22-17(20)18-13-14-9-10-15(19)16(12-14)21-2/h9-10,12,19H,3-8,11,13H2,1-2H3,(H,18,20). The zero-order chi connectivity index (χ0) is 16.9. The van der Waals surface area contributed by atoms with Gasteiger partial charge in [-0.15, -0.1) is 0 Å². The van der Waals surface area contributed by atoms with E-state index in [1.165, 1.54) is 57.3 Å². The van der Waals surface area contributed by atoms with Gasteiger partial charge < -0.3 is 19.3 Å². The minimum Gasteiger partial charge on any atom is -0.504 e. The Labute approximate surface area is 143 Å². The van der Waals surface area contributed by atoms with Gasteiger partial charge in [-0.2, -0.15) is 0 Å². The van der Waals surface area contributed by atoms with Crippen LogP contribution in [0.2, 0.25) is 0 Å². The smallest absolute Gasteiger partial charge is 0.419 e. The van der Waals surface area contributed by atoms with Gasteiger partial charge in [0.2, 0.25) is 0 Å². The number of hydrogen-bond donors (Lipinski definition) is 2. The third-order valence-corrected chi connectivity index (χ3v) is 4.12. The first kappa shape index (κ1) is 19.5. The van der Waals surface area contributed by atoms with Gasteiger partial charge in [0.1, 0.15) is 0 Å². The van der Waals surface area contributed by atoms with Crippen molar-refractivity contribution < 1.29 is 18.8 Å². The molecule has 1 rings (SSSR count). The summed E-state index contributed by atoms with van der Waals surface area (Å²) in [5.74, 6) is 1.29. The van der Waals surface area contributed by atoms with E-state index in [0.29, 0.717) is 12.3 Å². The number of methoxy groups -OCH3 is 1. The van der Waals surface area contributed by atoms with Gasteiger partial charge in [-0.3, -0.25) is 0 Å². The fraction of sp³-hybridized carbons (Fsp3) is 0.588. The number of amides is 1. The van der Waals surface area contributed by atoms with E-state index in [1.807, 2.05) is 0 Å². The molecule has 5 nitrogen and oxygen atoms in total. The summed E-state index contributed by atoms with van der Waals surface area (Å²) in [6.45, 7) is 2.53. The summed E-state index contributed by atoms with van der Waals surface area (Å²) >= 11 is 1.19. The molecule has 0 saturated carbocycles. The number of carbonyl (C=O) groups excluding carboxylic acids is 1. The van der Waals surface area contributed by atoms with E-state index in [9.17, 15) is 9.90 Å². The highest BCUT2D eigenvalue weighted by molar-refractivity contribution is 7.95. The summed E-state index contributed by atoms with van der Waals surface area (Å²) < 4.78 is 10.1. The summed E-state index contributed by atoms with van der Waals surface area (Å²) in [6.07, 6.45) is 6.90. The van der Waals surface area contributed by atoms with Crippen molar-refractivity contribution in [1.82, 2.24) is 5.32 Å². The van der Waals surface area contributed by atoms with Crippen LogP contribution in [-0.2, 0) is 10.7 Å². The quantitative estimate of drug-likeness (QED) is 0.453. The second-order valence-corrected chi connectivity index (χ2v) is 6.13.